The second-order valence-electron chi connectivity index (χ2n) is 9.61. The number of benzene rings is 2. The van der Waals surface area contributed by atoms with Crippen molar-refractivity contribution in [3.05, 3.63) is 84.9 Å². The normalized spacial score (nSPS) is 16.4. The minimum Gasteiger partial charge on any atom is -0.361 e. The predicted octanol–water partition coefficient (Wildman–Crippen LogP) is 5.23. The molecule has 1 aliphatic carbocycles. The van der Waals surface area contributed by atoms with Crippen LogP contribution in [0.3, 0.4) is 0 Å². The molecule has 224 valence electrons. The molecule has 1 fully saturated rings. The van der Waals surface area contributed by atoms with Crippen LogP contribution < -0.4 is 10.3 Å². The molecule has 2 heterocycles. The van der Waals surface area contributed by atoms with Crippen LogP contribution in [0, 0.1) is 10.1 Å². The number of amides is 2. The van der Waals surface area contributed by atoms with Crippen LogP contribution in [0.2, 0.25) is 10.0 Å². The van der Waals surface area contributed by atoms with Crippen LogP contribution in [0.25, 0.3) is 0 Å². The van der Waals surface area contributed by atoms with Crippen molar-refractivity contribution in [3.63, 3.8) is 0 Å². The Balaban J connectivity index is 1.46. The zero-order chi connectivity index (χ0) is 31.1. The number of carbonyl (C=O) groups excluding carboxylic acids is 2. The van der Waals surface area contributed by atoms with Gasteiger partial charge in [0.1, 0.15) is 10.9 Å². The summed E-state index contributed by atoms with van der Waals surface area (Å²) in [5.41, 5.74) is -0.158. The molecule has 0 radical (unpaired) electrons. The molecule has 1 atom stereocenters. The van der Waals surface area contributed by atoms with Gasteiger partial charge in [0.05, 0.1) is 27.6 Å². The Kier molecular flexibility index (Phi) is 8.61. The van der Waals surface area contributed by atoms with Crippen molar-refractivity contribution < 1.29 is 27.1 Å². The predicted molar refractivity (Wildman–Crippen MR) is 162 cm³/mol. The largest absolute Gasteiger partial charge is 0.361 e. The van der Waals surface area contributed by atoms with E-state index in [1.165, 1.54) is 30.5 Å². The Labute approximate surface area is 263 Å². The van der Waals surface area contributed by atoms with Gasteiger partial charge in [-0.1, -0.05) is 29.3 Å². The van der Waals surface area contributed by atoms with E-state index in [4.69, 9.17) is 27.4 Å². The van der Waals surface area contributed by atoms with Crippen LogP contribution in [-0.2, 0) is 19.1 Å². The second-order valence-corrected chi connectivity index (χ2v) is 12.8. The number of carbonyl (C=O) groups is 2. The number of hydrogen-bond donors (Lipinski definition) is 1. The molecule has 1 unspecified atom stereocenters. The topological polar surface area (TPSA) is 164 Å². The highest BCUT2D eigenvalue weighted by Crippen LogP contribution is 2.36. The van der Waals surface area contributed by atoms with Gasteiger partial charge in [0.15, 0.2) is 5.82 Å². The molecular formula is C26H21BrCl2N6O7S. The summed E-state index contributed by atoms with van der Waals surface area (Å²) in [5, 5.41) is 19.6. The van der Waals surface area contributed by atoms with Gasteiger partial charge >= 0.3 is 10.1 Å². The number of pyridine rings is 1. The molecular weight excluding hydrogens is 691 g/mol. The van der Waals surface area contributed by atoms with Gasteiger partial charge in [-0.2, -0.15) is 8.42 Å². The summed E-state index contributed by atoms with van der Waals surface area (Å²) in [6.45, 7) is 0. The Morgan fingerprint density at radius 2 is 1.93 bits per heavy atom. The summed E-state index contributed by atoms with van der Waals surface area (Å²) in [5.74, 6) is -1.40. The summed E-state index contributed by atoms with van der Waals surface area (Å²) < 4.78 is 31.6. The van der Waals surface area contributed by atoms with Crippen LogP contribution in [0.15, 0.2) is 69.2 Å². The molecule has 1 saturated carbocycles. The molecule has 1 N–H and O–H groups in total. The van der Waals surface area contributed by atoms with Crippen molar-refractivity contribution in [2.45, 2.75) is 36.2 Å². The quantitative estimate of drug-likeness (QED) is 0.187. The van der Waals surface area contributed by atoms with Gasteiger partial charge in [-0.05, 0) is 59.1 Å². The lowest BCUT2D eigenvalue weighted by Crippen LogP contribution is -2.40. The number of rotatable bonds is 8. The van der Waals surface area contributed by atoms with Crippen LogP contribution in [0.5, 0.6) is 0 Å². The maximum atomic E-state index is 13.8. The minimum atomic E-state index is -4.58. The summed E-state index contributed by atoms with van der Waals surface area (Å²) in [7, 11) is -2.92. The molecule has 5 rings (SSSR count). The van der Waals surface area contributed by atoms with E-state index < -0.39 is 43.5 Å². The summed E-state index contributed by atoms with van der Waals surface area (Å²) in [6, 6.07) is 9.20. The first kappa shape index (κ1) is 30.7. The van der Waals surface area contributed by atoms with Crippen molar-refractivity contribution in [2.24, 2.45) is 5.10 Å². The van der Waals surface area contributed by atoms with Gasteiger partial charge in [0.25, 0.3) is 11.6 Å². The van der Waals surface area contributed by atoms with Gasteiger partial charge in [-0.25, -0.2) is 9.99 Å². The molecule has 43 heavy (non-hydrogen) atoms. The summed E-state index contributed by atoms with van der Waals surface area (Å²) in [6.07, 6.45) is 2.79. The first-order chi connectivity index (χ1) is 20.4. The number of non-ortho nitro benzene ring substituents is 1. The fourth-order valence-electron chi connectivity index (χ4n) is 4.30. The number of nitrogens with one attached hydrogen (secondary N) is 1. The highest BCUT2D eigenvalue weighted by Gasteiger charge is 2.39. The molecule has 0 spiro atoms. The van der Waals surface area contributed by atoms with Crippen molar-refractivity contribution >= 4 is 84.2 Å². The van der Waals surface area contributed by atoms with Gasteiger partial charge in [0.2, 0.25) is 11.8 Å². The summed E-state index contributed by atoms with van der Waals surface area (Å²) >= 11 is 15.9. The Morgan fingerprint density at radius 1 is 1.19 bits per heavy atom. The number of halogens is 3. The van der Waals surface area contributed by atoms with Crippen LogP contribution in [0.1, 0.15) is 29.6 Å². The monoisotopic (exact) mass is 710 g/mol. The van der Waals surface area contributed by atoms with E-state index in [0.717, 1.165) is 36.0 Å². The van der Waals surface area contributed by atoms with Gasteiger partial charge in [-0.3, -0.25) is 19.7 Å². The third-order valence-electron chi connectivity index (χ3n) is 6.61. The molecule has 1 aromatic heterocycles. The van der Waals surface area contributed by atoms with E-state index in [9.17, 15) is 28.1 Å². The molecule has 2 aromatic carbocycles. The van der Waals surface area contributed by atoms with Crippen LogP contribution in [0.4, 0.5) is 17.2 Å². The van der Waals surface area contributed by atoms with Crippen molar-refractivity contribution in [3.8, 4) is 0 Å². The average Bonchev–Trinajstić information content (AvgIpc) is 3.73. The maximum Gasteiger partial charge on any atom is 0.340 e. The number of hydrogen-bond acceptors (Lipinski definition) is 10. The first-order valence-corrected chi connectivity index (χ1v) is 15.5. The number of nitro benzene ring substituents is 1. The minimum absolute atomic E-state index is 0.0376. The Morgan fingerprint density at radius 3 is 2.60 bits per heavy atom. The Hall–Kier alpha value is -3.79. The lowest BCUT2D eigenvalue weighted by atomic mass is 10.1. The fraction of sp³-hybridized carbons (Fsp3) is 0.231. The van der Waals surface area contributed by atoms with E-state index in [0.29, 0.717) is 4.47 Å². The van der Waals surface area contributed by atoms with Crippen LogP contribution in [-0.4, -0.2) is 60.1 Å². The third kappa shape index (κ3) is 6.59. The second kappa shape index (κ2) is 12.1. The lowest BCUT2D eigenvalue weighted by Gasteiger charge is -2.24. The summed E-state index contributed by atoms with van der Waals surface area (Å²) in [4.78, 5) is 42.8. The van der Waals surface area contributed by atoms with E-state index in [1.54, 1.807) is 18.0 Å². The maximum absolute atomic E-state index is 13.8. The number of aromatic nitrogens is 1. The van der Waals surface area contributed by atoms with E-state index >= 15 is 0 Å². The molecule has 17 heteroatoms. The van der Waals surface area contributed by atoms with Crippen molar-refractivity contribution in [2.75, 3.05) is 17.4 Å². The highest BCUT2D eigenvalue weighted by atomic mass is 79.9. The van der Waals surface area contributed by atoms with Gasteiger partial charge in [-0.15, -0.1) is 5.10 Å². The number of anilines is 2. The number of hydrazone groups is 1. The van der Waals surface area contributed by atoms with E-state index in [1.807, 2.05) is 0 Å². The van der Waals surface area contributed by atoms with E-state index in [2.05, 4.69) is 31.3 Å². The third-order valence-corrected chi connectivity index (χ3v) is 8.99. The molecule has 2 amide bonds. The molecule has 0 bridgehead atoms. The lowest BCUT2D eigenvalue weighted by molar-refractivity contribution is -0.385. The number of nitro groups is 1. The van der Waals surface area contributed by atoms with Gasteiger partial charge < -0.3 is 14.4 Å². The molecule has 3 aromatic rings. The van der Waals surface area contributed by atoms with Crippen LogP contribution >= 0.6 is 39.1 Å². The van der Waals surface area contributed by atoms with Crippen molar-refractivity contribution in [1.82, 2.24) is 9.88 Å². The fourth-order valence-corrected chi connectivity index (χ4v) is 6.38. The smallest absolute Gasteiger partial charge is 0.340 e. The van der Waals surface area contributed by atoms with Gasteiger partial charge in [0, 0.05) is 40.9 Å². The Bertz CT molecular complexity index is 1790. The average molecular weight is 712 g/mol. The molecule has 0 saturated heterocycles. The molecule has 13 nitrogen and oxygen atoms in total. The number of nitrogens with zero attached hydrogens (tertiary/aromatic N) is 5. The standard InChI is InChI=1S/C26H21BrCl2N6O7S/c1-33(15-7-8-15)26(37)18-10-14(28)11-19(27)23(18)31-25(36)21-13-22(32-34(21)24-20(29)6-3-9-30-24)42-43(40,41)17-5-2-4-16(12-17)35(38)39/h2-6,9-12,15,21H,7-8,13H2,1H3,(H,31,36). The molecule has 2 aliphatic rings. The van der Waals surface area contributed by atoms with Crippen molar-refractivity contribution in [1.29, 1.82) is 0 Å². The molecule has 1 aliphatic heterocycles. The zero-order valence-corrected chi connectivity index (χ0v) is 26.0. The highest BCUT2D eigenvalue weighted by molar-refractivity contribution is 9.10. The SMILES string of the molecule is CN(C(=O)c1cc(Cl)cc(Br)c1NC(=O)C1CC(OS(=O)(=O)c2cccc([N+](=O)[O-])c2)=NN1c1ncccc1Cl)C1CC1. The van der Waals surface area contributed by atoms with E-state index in [-0.39, 0.29) is 45.5 Å². The zero-order valence-electron chi connectivity index (χ0n) is 22.1. The first-order valence-electron chi connectivity index (χ1n) is 12.6.